The van der Waals surface area contributed by atoms with Crippen LogP contribution in [0, 0.1) is 5.92 Å². The molecule has 4 N–H and O–H groups in total. The first-order valence-electron chi connectivity index (χ1n) is 10.7. The Morgan fingerprint density at radius 3 is 2.29 bits per heavy atom. The van der Waals surface area contributed by atoms with Gasteiger partial charge in [-0.2, -0.15) is 4.31 Å². The average molecular weight is 487 g/mol. The van der Waals surface area contributed by atoms with Crippen molar-refractivity contribution < 1.29 is 27.6 Å². The number of nitrogens with one attached hydrogen (secondary N) is 2. The molecule has 3 amide bonds. The lowest BCUT2D eigenvalue weighted by molar-refractivity contribution is -0.121. The van der Waals surface area contributed by atoms with Crippen molar-refractivity contribution in [2.24, 2.45) is 11.7 Å². The van der Waals surface area contributed by atoms with E-state index in [1.165, 1.54) is 41.6 Å². The Hall–Kier alpha value is -3.57. The van der Waals surface area contributed by atoms with Crippen LogP contribution in [0.25, 0.3) is 0 Å². The summed E-state index contributed by atoms with van der Waals surface area (Å²) in [5.41, 5.74) is 6.01. The molecule has 1 fully saturated rings. The van der Waals surface area contributed by atoms with Crippen LogP contribution in [0.4, 0.5) is 5.69 Å². The van der Waals surface area contributed by atoms with Crippen molar-refractivity contribution in [3.63, 3.8) is 0 Å². The van der Waals surface area contributed by atoms with Crippen LogP contribution in [0.15, 0.2) is 53.4 Å². The molecule has 0 saturated carbocycles. The number of carbonyl (C=O) groups is 4. The summed E-state index contributed by atoms with van der Waals surface area (Å²) in [5, 5.41) is 5.14. The molecule has 0 aromatic heterocycles. The van der Waals surface area contributed by atoms with Crippen molar-refractivity contribution in [1.82, 2.24) is 9.62 Å². The van der Waals surface area contributed by atoms with Gasteiger partial charge in [0.1, 0.15) is 0 Å². The number of Topliss-reactive ketones (excluding diaryl/α,β-unsaturated/α-hetero) is 1. The van der Waals surface area contributed by atoms with E-state index in [4.69, 9.17) is 5.73 Å². The molecule has 0 bridgehead atoms. The van der Waals surface area contributed by atoms with Gasteiger partial charge in [0.05, 0.1) is 11.4 Å². The highest BCUT2D eigenvalue weighted by atomic mass is 32.2. The molecule has 0 unspecified atom stereocenters. The van der Waals surface area contributed by atoms with Crippen LogP contribution in [0.5, 0.6) is 0 Å². The van der Waals surface area contributed by atoms with E-state index in [0.717, 1.165) is 0 Å². The number of primary amides is 1. The van der Waals surface area contributed by atoms with Crippen molar-refractivity contribution in [1.29, 1.82) is 0 Å². The molecule has 11 heteroatoms. The lowest BCUT2D eigenvalue weighted by atomic mass is 9.97. The van der Waals surface area contributed by atoms with Crippen LogP contribution in [0.3, 0.4) is 0 Å². The van der Waals surface area contributed by atoms with Crippen LogP contribution < -0.4 is 16.4 Å². The zero-order valence-electron chi connectivity index (χ0n) is 18.6. The Morgan fingerprint density at radius 2 is 1.65 bits per heavy atom. The predicted molar refractivity (Wildman–Crippen MR) is 125 cm³/mol. The largest absolute Gasteiger partial charge is 0.368 e. The summed E-state index contributed by atoms with van der Waals surface area (Å²) in [6.07, 6.45) is 0.659. The maximum Gasteiger partial charge on any atom is 0.251 e. The van der Waals surface area contributed by atoms with Crippen molar-refractivity contribution in [3.05, 3.63) is 59.7 Å². The van der Waals surface area contributed by atoms with Gasteiger partial charge < -0.3 is 16.4 Å². The Morgan fingerprint density at radius 1 is 1.00 bits per heavy atom. The molecule has 1 aliphatic heterocycles. The lowest BCUT2D eigenvalue weighted by Gasteiger charge is -2.30. The lowest BCUT2D eigenvalue weighted by Crippen LogP contribution is -2.41. The molecule has 2 aromatic carbocycles. The number of hydrogen-bond donors (Lipinski definition) is 3. The second-order valence-electron chi connectivity index (χ2n) is 7.98. The van der Waals surface area contributed by atoms with E-state index in [9.17, 15) is 27.6 Å². The topological polar surface area (TPSA) is 156 Å². The fraction of sp³-hybridized carbons (Fsp3) is 0.304. The Kier molecular flexibility index (Phi) is 7.79. The molecule has 0 spiro atoms. The average Bonchev–Trinajstić information content (AvgIpc) is 2.82. The summed E-state index contributed by atoms with van der Waals surface area (Å²) >= 11 is 0. The summed E-state index contributed by atoms with van der Waals surface area (Å²) < 4.78 is 27.3. The van der Waals surface area contributed by atoms with Crippen molar-refractivity contribution in [2.45, 2.75) is 24.7 Å². The summed E-state index contributed by atoms with van der Waals surface area (Å²) in [7, 11) is -3.78. The highest BCUT2D eigenvalue weighted by Crippen LogP contribution is 2.25. The second kappa shape index (κ2) is 10.6. The molecule has 2 aromatic rings. The number of nitrogens with two attached hydrogens (primary N) is 1. The molecule has 1 saturated heterocycles. The van der Waals surface area contributed by atoms with Gasteiger partial charge in [0.15, 0.2) is 5.78 Å². The Balaban J connectivity index is 1.60. The van der Waals surface area contributed by atoms with E-state index < -0.39 is 27.8 Å². The number of anilines is 1. The SMILES string of the molecule is CC(=O)c1cccc(S(=O)(=O)N2CCC(C(=O)Nc3cccc(C(=O)NCC(N)=O)c3)CC2)c1. The predicted octanol–water partition coefficient (Wildman–Crippen LogP) is 1.14. The molecule has 0 aliphatic carbocycles. The summed E-state index contributed by atoms with van der Waals surface area (Å²) in [6.45, 7) is 1.41. The Labute approximate surface area is 197 Å². The molecule has 180 valence electrons. The van der Waals surface area contributed by atoms with Gasteiger partial charge in [-0.25, -0.2) is 8.42 Å². The number of nitrogens with zero attached hydrogens (tertiary/aromatic N) is 1. The number of sulfonamides is 1. The summed E-state index contributed by atoms with van der Waals surface area (Å²) in [5.74, 6) is -2.06. The van der Waals surface area contributed by atoms with E-state index in [1.807, 2.05) is 0 Å². The van der Waals surface area contributed by atoms with E-state index in [-0.39, 0.29) is 41.8 Å². The number of hydrogen-bond acceptors (Lipinski definition) is 6. The molecule has 1 aliphatic rings. The van der Waals surface area contributed by atoms with Crippen LogP contribution in [-0.4, -0.2) is 55.9 Å². The highest BCUT2D eigenvalue weighted by molar-refractivity contribution is 7.89. The molecule has 0 radical (unpaired) electrons. The van der Waals surface area contributed by atoms with Crippen molar-refractivity contribution >= 4 is 39.2 Å². The molecular formula is C23H26N4O6S. The highest BCUT2D eigenvalue weighted by Gasteiger charge is 2.32. The molecular weight excluding hydrogens is 460 g/mol. The molecule has 10 nitrogen and oxygen atoms in total. The van der Waals surface area contributed by atoms with Gasteiger partial charge in [0, 0.05) is 35.8 Å². The van der Waals surface area contributed by atoms with E-state index in [2.05, 4.69) is 10.6 Å². The van der Waals surface area contributed by atoms with Gasteiger partial charge in [0.2, 0.25) is 21.8 Å². The first kappa shape index (κ1) is 25.1. The number of carbonyl (C=O) groups excluding carboxylic acids is 4. The minimum Gasteiger partial charge on any atom is -0.368 e. The smallest absolute Gasteiger partial charge is 0.251 e. The maximum atomic E-state index is 13.0. The fourth-order valence-corrected chi connectivity index (χ4v) is 5.15. The fourth-order valence-electron chi connectivity index (χ4n) is 3.63. The number of piperidine rings is 1. The molecule has 1 heterocycles. The minimum atomic E-state index is -3.78. The number of rotatable bonds is 8. The second-order valence-corrected chi connectivity index (χ2v) is 9.92. The molecule has 34 heavy (non-hydrogen) atoms. The van der Waals surface area contributed by atoms with Gasteiger partial charge in [-0.1, -0.05) is 18.2 Å². The number of ketones is 1. The van der Waals surface area contributed by atoms with Gasteiger partial charge in [-0.15, -0.1) is 0 Å². The zero-order valence-corrected chi connectivity index (χ0v) is 19.4. The van der Waals surface area contributed by atoms with Crippen LogP contribution >= 0.6 is 0 Å². The molecule has 3 rings (SSSR count). The van der Waals surface area contributed by atoms with E-state index >= 15 is 0 Å². The normalized spacial score (nSPS) is 14.9. The first-order valence-corrected chi connectivity index (χ1v) is 12.1. The third kappa shape index (κ3) is 6.06. The van der Waals surface area contributed by atoms with Crippen LogP contribution in [0.2, 0.25) is 0 Å². The minimum absolute atomic E-state index is 0.0505. The standard InChI is InChI=1S/C23H26N4O6S/c1-15(28)17-4-3-7-20(13-17)34(32,33)27-10-8-16(9-11-27)23(31)26-19-6-2-5-18(12-19)22(30)25-14-21(24)29/h2-7,12-13,16H,8-11,14H2,1H3,(H2,24,29)(H,25,30)(H,26,31). The Bertz CT molecular complexity index is 1220. The van der Waals surface area contributed by atoms with Crippen LogP contribution in [-0.2, 0) is 19.6 Å². The van der Waals surface area contributed by atoms with Gasteiger partial charge in [-0.3, -0.25) is 19.2 Å². The number of amides is 3. The third-order valence-electron chi connectivity index (χ3n) is 5.52. The van der Waals surface area contributed by atoms with Crippen molar-refractivity contribution in [2.75, 3.05) is 25.0 Å². The van der Waals surface area contributed by atoms with Gasteiger partial charge >= 0.3 is 0 Å². The summed E-state index contributed by atoms with van der Waals surface area (Å²) in [4.78, 5) is 47.3. The van der Waals surface area contributed by atoms with Gasteiger partial charge in [-0.05, 0) is 50.1 Å². The zero-order chi connectivity index (χ0) is 24.9. The first-order chi connectivity index (χ1) is 16.1. The van der Waals surface area contributed by atoms with Gasteiger partial charge in [0.25, 0.3) is 5.91 Å². The monoisotopic (exact) mass is 486 g/mol. The van der Waals surface area contributed by atoms with Crippen molar-refractivity contribution in [3.8, 4) is 0 Å². The van der Waals surface area contributed by atoms with Crippen LogP contribution in [0.1, 0.15) is 40.5 Å². The third-order valence-corrected chi connectivity index (χ3v) is 7.41. The number of benzene rings is 2. The molecule has 0 atom stereocenters. The summed E-state index contributed by atoms with van der Waals surface area (Å²) in [6, 6.07) is 12.2. The van der Waals surface area contributed by atoms with E-state index in [0.29, 0.717) is 24.1 Å². The van der Waals surface area contributed by atoms with E-state index in [1.54, 1.807) is 18.2 Å². The maximum absolute atomic E-state index is 13.0. The quantitative estimate of drug-likeness (QED) is 0.475.